The van der Waals surface area contributed by atoms with Gasteiger partial charge in [0.2, 0.25) is 0 Å². The second-order valence-corrected chi connectivity index (χ2v) is 2.83. The van der Waals surface area contributed by atoms with Crippen molar-refractivity contribution in [2.24, 2.45) is 0 Å². The molecule has 0 nitrogen and oxygen atoms in total. The van der Waals surface area contributed by atoms with Gasteiger partial charge in [-0.05, 0) is 11.6 Å². The SMILES string of the molecule is [B]1P=CC=P1. The normalized spacial score (nSPS) is 22.4. The van der Waals surface area contributed by atoms with E-state index in [2.05, 4.69) is 18.3 Å². The first-order valence-electron chi connectivity index (χ1n) is 1.37. The standard InChI is InChI=1S/C2H2BP2/c1-2-5-3-4-1/h1-2H. The Hall–Kier alpha value is 0.405. The summed E-state index contributed by atoms with van der Waals surface area (Å²) in [6, 6.07) is 0. The Labute approximate surface area is 35.3 Å². The Morgan fingerprint density at radius 3 is 2.00 bits per heavy atom. The molecule has 0 aromatic carbocycles. The molecule has 1 radical (unpaired) electrons. The smallest absolute Gasteiger partial charge is 0.147 e. The number of rotatable bonds is 0. The molecule has 0 saturated carbocycles. The van der Waals surface area contributed by atoms with Crippen LogP contribution in [0.1, 0.15) is 0 Å². The molecule has 0 unspecified atom stereocenters. The van der Waals surface area contributed by atoms with E-state index < -0.39 is 0 Å². The summed E-state index contributed by atoms with van der Waals surface area (Å²) >= 11 is 0. The van der Waals surface area contributed by atoms with Crippen molar-refractivity contribution in [1.82, 2.24) is 0 Å². The van der Waals surface area contributed by atoms with Crippen molar-refractivity contribution in [2.45, 2.75) is 0 Å². The van der Waals surface area contributed by atoms with E-state index in [-0.39, 0.29) is 0 Å². The van der Waals surface area contributed by atoms with Gasteiger partial charge < -0.3 is 0 Å². The lowest BCUT2D eigenvalue weighted by atomic mass is 10.7. The summed E-state index contributed by atoms with van der Waals surface area (Å²) in [5.74, 6) is 4.28. The van der Waals surface area contributed by atoms with Crippen molar-refractivity contribution in [2.75, 3.05) is 0 Å². The van der Waals surface area contributed by atoms with Gasteiger partial charge in [0.15, 0.2) is 0 Å². The highest BCUT2D eigenvalue weighted by Crippen LogP contribution is 2.06. The molecule has 1 aliphatic rings. The van der Waals surface area contributed by atoms with Gasteiger partial charge in [-0.3, -0.25) is 0 Å². The van der Waals surface area contributed by atoms with Gasteiger partial charge in [-0.15, -0.1) is 16.2 Å². The highest BCUT2D eigenvalue weighted by atomic mass is 31.1. The molecule has 0 atom stereocenters. The van der Waals surface area contributed by atoms with Crippen molar-refractivity contribution in [3.05, 3.63) is 0 Å². The van der Waals surface area contributed by atoms with Crippen LogP contribution in [-0.2, 0) is 0 Å². The maximum atomic E-state index is 2.19. The summed E-state index contributed by atoms with van der Waals surface area (Å²) < 4.78 is 0. The molecule has 1 rings (SSSR count). The van der Waals surface area contributed by atoms with Crippen LogP contribution in [0, 0.1) is 0 Å². The van der Waals surface area contributed by atoms with Crippen molar-refractivity contribution in [1.29, 1.82) is 0 Å². The molecular weight excluding hydrogens is 96.8 g/mol. The first kappa shape index (κ1) is 3.59. The summed E-state index contributed by atoms with van der Waals surface area (Å²) in [6.07, 6.45) is 0. The van der Waals surface area contributed by atoms with E-state index >= 15 is 0 Å². The second kappa shape index (κ2) is 1.75. The van der Waals surface area contributed by atoms with Gasteiger partial charge in [0.1, 0.15) is 0 Å². The first-order chi connectivity index (χ1) is 2.50. The molecule has 0 aromatic heterocycles. The number of hydrogen-bond acceptors (Lipinski definition) is 0. The molecule has 5 heavy (non-hydrogen) atoms. The maximum Gasteiger partial charge on any atom is 0.251 e. The van der Waals surface area contributed by atoms with Crippen LogP contribution in [0.3, 0.4) is 0 Å². The minimum Gasteiger partial charge on any atom is -0.147 e. The van der Waals surface area contributed by atoms with Gasteiger partial charge >= 0.3 is 0 Å². The fraction of sp³-hybridized carbons (Fsp3) is 0. The minimum atomic E-state index is 1.37. The van der Waals surface area contributed by atoms with Crippen molar-refractivity contribution < 1.29 is 0 Å². The van der Waals surface area contributed by atoms with Crippen molar-refractivity contribution in [3.8, 4) is 0 Å². The molecule has 1 aliphatic heterocycles. The third kappa shape index (κ3) is 0.872. The predicted octanol–water partition coefficient (Wildman–Crippen LogP) is 1.03. The zero-order valence-corrected chi connectivity index (χ0v) is 4.42. The molecule has 0 N–H and O–H groups in total. The van der Waals surface area contributed by atoms with Gasteiger partial charge in [0, 0.05) is 0 Å². The minimum absolute atomic E-state index is 1.37. The maximum absolute atomic E-state index is 2.19. The number of hydrogen-bond donors (Lipinski definition) is 0. The monoisotopic (exact) mass is 99.0 g/mol. The fourth-order valence-corrected chi connectivity index (χ4v) is 1.73. The van der Waals surface area contributed by atoms with Crippen LogP contribution in [0.15, 0.2) is 0 Å². The zero-order chi connectivity index (χ0) is 3.54. The zero-order valence-electron chi connectivity index (χ0n) is 2.63. The van der Waals surface area contributed by atoms with Crippen LogP contribution in [-0.4, -0.2) is 18.3 Å². The van der Waals surface area contributed by atoms with Crippen LogP contribution >= 0.6 is 16.2 Å². The second-order valence-electron chi connectivity index (χ2n) is 0.712. The van der Waals surface area contributed by atoms with Crippen molar-refractivity contribution >= 4 is 34.5 Å². The lowest BCUT2D eigenvalue weighted by Gasteiger charge is -1.50. The van der Waals surface area contributed by atoms with Crippen LogP contribution in [0.4, 0.5) is 0 Å². The third-order valence-electron chi connectivity index (χ3n) is 0.372. The lowest BCUT2D eigenvalue weighted by molar-refractivity contribution is 3.84. The quantitative estimate of drug-likeness (QED) is 0.314. The molecule has 0 aliphatic carbocycles. The Morgan fingerprint density at radius 1 is 1.20 bits per heavy atom. The van der Waals surface area contributed by atoms with Gasteiger partial charge in [-0.25, -0.2) is 0 Å². The summed E-state index contributed by atoms with van der Waals surface area (Å²) in [5, 5.41) is 0. The van der Waals surface area contributed by atoms with Crippen LogP contribution < -0.4 is 0 Å². The Kier molecular flexibility index (Phi) is 1.26. The Bertz CT molecular complexity index is 65.7. The summed E-state index contributed by atoms with van der Waals surface area (Å²) in [5.41, 5.74) is 0. The van der Waals surface area contributed by atoms with Crippen LogP contribution in [0.2, 0.25) is 0 Å². The average Bonchev–Trinajstić information content (AvgIpc) is 1.76. The lowest BCUT2D eigenvalue weighted by Crippen LogP contribution is -1.49. The fourth-order valence-electron chi connectivity index (χ4n) is 0.192. The predicted molar refractivity (Wildman–Crippen MR) is 31.7 cm³/mol. The van der Waals surface area contributed by atoms with E-state index in [0.717, 1.165) is 0 Å². The van der Waals surface area contributed by atoms with E-state index in [1.807, 2.05) is 0 Å². The van der Waals surface area contributed by atoms with E-state index in [9.17, 15) is 0 Å². The molecule has 0 bridgehead atoms. The molecular formula is C2H2BP2. The summed E-state index contributed by atoms with van der Waals surface area (Å²) in [7, 11) is 2.75. The molecule has 1 heterocycles. The highest BCUT2D eigenvalue weighted by molar-refractivity contribution is 8.04. The first-order valence-corrected chi connectivity index (χ1v) is 3.43. The molecule has 0 amide bonds. The largest absolute Gasteiger partial charge is 0.251 e. The van der Waals surface area contributed by atoms with Gasteiger partial charge in [0.25, 0.3) is 6.72 Å². The molecule has 23 valence electrons. The van der Waals surface area contributed by atoms with E-state index in [4.69, 9.17) is 0 Å². The molecule has 0 saturated heterocycles. The van der Waals surface area contributed by atoms with Crippen LogP contribution in [0.5, 0.6) is 0 Å². The van der Waals surface area contributed by atoms with Gasteiger partial charge in [-0.1, -0.05) is 0 Å². The topological polar surface area (TPSA) is 0 Å². The van der Waals surface area contributed by atoms with Gasteiger partial charge in [0.05, 0.1) is 0 Å². The van der Waals surface area contributed by atoms with E-state index in [1.54, 1.807) is 0 Å². The molecule has 0 spiro atoms. The Morgan fingerprint density at radius 2 is 1.80 bits per heavy atom. The average molecular weight is 98.8 g/mol. The van der Waals surface area contributed by atoms with Gasteiger partial charge in [-0.2, -0.15) is 0 Å². The van der Waals surface area contributed by atoms with E-state index in [0.29, 0.717) is 0 Å². The summed E-state index contributed by atoms with van der Waals surface area (Å²) in [6.45, 7) is 2.19. The third-order valence-corrected chi connectivity index (χ3v) is 2.32. The molecule has 0 aromatic rings. The Balaban J connectivity index is 2.61. The van der Waals surface area contributed by atoms with Crippen molar-refractivity contribution in [3.63, 3.8) is 0 Å². The molecule has 0 fully saturated rings. The van der Waals surface area contributed by atoms with Crippen LogP contribution in [0.25, 0.3) is 0 Å². The van der Waals surface area contributed by atoms with E-state index in [1.165, 1.54) is 16.2 Å². The summed E-state index contributed by atoms with van der Waals surface area (Å²) in [4.78, 5) is 0. The highest BCUT2D eigenvalue weighted by Gasteiger charge is 1.78. The molecule has 3 heteroatoms.